The maximum Gasteiger partial charge on any atom is 0.223 e. The molecule has 28 heavy (non-hydrogen) atoms. The molecule has 4 rings (SSSR count). The highest BCUT2D eigenvalue weighted by atomic mass is 16.2. The highest BCUT2D eigenvalue weighted by molar-refractivity contribution is 5.81. The molecule has 0 bridgehead atoms. The fraction of sp³-hybridized carbons (Fsp3) is 0.667. The maximum absolute atomic E-state index is 12.6. The van der Waals surface area contributed by atoms with Crippen LogP contribution in [-0.2, 0) is 9.59 Å². The number of anilines is 1. The summed E-state index contributed by atoms with van der Waals surface area (Å²) in [5.41, 5.74) is 0. The van der Waals surface area contributed by atoms with E-state index in [9.17, 15) is 9.59 Å². The van der Waals surface area contributed by atoms with Gasteiger partial charge in [-0.3, -0.25) is 9.59 Å². The van der Waals surface area contributed by atoms with Gasteiger partial charge in [-0.15, -0.1) is 0 Å². The molecule has 3 fully saturated rings. The third kappa shape index (κ3) is 5.01. The number of nitrogens with zero attached hydrogens (tertiary/aromatic N) is 4. The number of nitrogens with one attached hydrogen (secondary N) is 1. The fourth-order valence-corrected chi connectivity index (χ4v) is 4.10. The molecule has 0 spiro atoms. The number of carbonyl (C=O) groups is 2. The van der Waals surface area contributed by atoms with Crippen LogP contribution in [0.4, 0.5) is 5.82 Å². The van der Waals surface area contributed by atoms with Gasteiger partial charge in [-0.05, 0) is 37.8 Å². The summed E-state index contributed by atoms with van der Waals surface area (Å²) >= 11 is 0. The van der Waals surface area contributed by atoms with E-state index in [4.69, 9.17) is 0 Å². The zero-order chi connectivity index (χ0) is 19.3. The lowest BCUT2D eigenvalue weighted by Gasteiger charge is -2.36. The second kappa shape index (κ2) is 8.90. The Balaban J connectivity index is 1.13. The first kappa shape index (κ1) is 19.2. The molecule has 7 nitrogen and oxygen atoms in total. The van der Waals surface area contributed by atoms with Gasteiger partial charge in [0.15, 0.2) is 0 Å². The van der Waals surface area contributed by atoms with E-state index in [0.717, 1.165) is 77.3 Å². The summed E-state index contributed by atoms with van der Waals surface area (Å²) < 4.78 is 0. The molecular weight excluding hydrogens is 354 g/mol. The summed E-state index contributed by atoms with van der Waals surface area (Å²) in [7, 11) is 0. The molecule has 1 aromatic rings. The molecule has 0 atom stereocenters. The normalized spacial score (nSPS) is 21.6. The van der Waals surface area contributed by atoms with E-state index in [0.29, 0.717) is 12.5 Å². The Labute approximate surface area is 167 Å². The lowest BCUT2D eigenvalue weighted by molar-refractivity contribution is -0.131. The number of piperidine rings is 1. The molecular formula is C21H31N5O2. The van der Waals surface area contributed by atoms with Crippen molar-refractivity contribution in [3.8, 4) is 0 Å². The van der Waals surface area contributed by atoms with Crippen LogP contribution in [0.15, 0.2) is 24.4 Å². The highest BCUT2D eigenvalue weighted by Gasteiger charge is 2.32. The second-order valence-corrected chi connectivity index (χ2v) is 8.20. The quantitative estimate of drug-likeness (QED) is 0.795. The molecule has 3 heterocycles. The summed E-state index contributed by atoms with van der Waals surface area (Å²) in [5, 5.41) is 3.19. The minimum absolute atomic E-state index is 0.249. The third-order valence-corrected chi connectivity index (χ3v) is 6.13. The van der Waals surface area contributed by atoms with Crippen LogP contribution < -0.4 is 10.2 Å². The molecule has 2 saturated heterocycles. The van der Waals surface area contributed by atoms with E-state index in [1.165, 1.54) is 0 Å². The van der Waals surface area contributed by atoms with Gasteiger partial charge >= 0.3 is 0 Å². The zero-order valence-corrected chi connectivity index (χ0v) is 16.6. The lowest BCUT2D eigenvalue weighted by Crippen LogP contribution is -2.50. The van der Waals surface area contributed by atoms with Crippen LogP contribution in [0.3, 0.4) is 0 Å². The molecule has 1 saturated carbocycles. The molecule has 152 valence electrons. The van der Waals surface area contributed by atoms with Crippen LogP contribution in [-0.4, -0.2) is 78.5 Å². The number of amides is 2. The van der Waals surface area contributed by atoms with Gasteiger partial charge < -0.3 is 20.0 Å². The first-order valence-corrected chi connectivity index (χ1v) is 10.7. The van der Waals surface area contributed by atoms with Gasteiger partial charge in [-0.2, -0.15) is 0 Å². The lowest BCUT2D eigenvalue weighted by atomic mass is 10.0. The van der Waals surface area contributed by atoms with E-state index < -0.39 is 0 Å². The van der Waals surface area contributed by atoms with Crippen molar-refractivity contribution in [2.24, 2.45) is 5.92 Å². The van der Waals surface area contributed by atoms with Crippen LogP contribution in [0.25, 0.3) is 0 Å². The van der Waals surface area contributed by atoms with Crippen molar-refractivity contribution in [1.82, 2.24) is 20.1 Å². The van der Waals surface area contributed by atoms with E-state index >= 15 is 0 Å². The average Bonchev–Trinajstić information content (AvgIpc) is 3.59. The number of hydrogen-bond acceptors (Lipinski definition) is 5. The Morgan fingerprint density at radius 2 is 1.75 bits per heavy atom. The van der Waals surface area contributed by atoms with E-state index in [2.05, 4.69) is 20.1 Å². The SMILES string of the molecule is O=C(NC1CCN(CCC(=O)N2CCN(c3ccccn3)CC2)CC1)C1CC1. The predicted octanol–water partition coefficient (Wildman–Crippen LogP) is 1.11. The van der Waals surface area contributed by atoms with Crippen LogP contribution in [0.5, 0.6) is 0 Å². The zero-order valence-electron chi connectivity index (χ0n) is 16.6. The average molecular weight is 386 g/mol. The molecule has 1 aromatic heterocycles. The second-order valence-electron chi connectivity index (χ2n) is 8.20. The summed E-state index contributed by atoms with van der Waals surface area (Å²) in [6.07, 6.45) is 6.51. The van der Waals surface area contributed by atoms with Gasteiger partial charge in [-0.1, -0.05) is 6.07 Å². The Bertz CT molecular complexity index is 663. The van der Waals surface area contributed by atoms with Gasteiger partial charge in [0, 0.05) is 70.4 Å². The number of piperazine rings is 1. The number of hydrogen-bond donors (Lipinski definition) is 1. The van der Waals surface area contributed by atoms with Crippen molar-refractivity contribution in [2.45, 2.75) is 38.1 Å². The largest absolute Gasteiger partial charge is 0.353 e. The van der Waals surface area contributed by atoms with Gasteiger partial charge in [0.25, 0.3) is 0 Å². The minimum Gasteiger partial charge on any atom is -0.353 e. The monoisotopic (exact) mass is 385 g/mol. The molecule has 2 amide bonds. The first-order chi connectivity index (χ1) is 13.7. The van der Waals surface area contributed by atoms with E-state index in [1.807, 2.05) is 29.3 Å². The van der Waals surface area contributed by atoms with Gasteiger partial charge in [0.05, 0.1) is 0 Å². The Kier molecular flexibility index (Phi) is 6.10. The third-order valence-electron chi connectivity index (χ3n) is 6.13. The highest BCUT2D eigenvalue weighted by Crippen LogP contribution is 2.29. The number of pyridine rings is 1. The fourth-order valence-electron chi connectivity index (χ4n) is 4.10. The maximum atomic E-state index is 12.6. The van der Waals surface area contributed by atoms with Crippen LogP contribution in [0, 0.1) is 5.92 Å². The van der Waals surface area contributed by atoms with Crippen molar-refractivity contribution in [3.05, 3.63) is 24.4 Å². The summed E-state index contributed by atoms with van der Waals surface area (Å²) in [6.45, 7) is 5.98. The molecule has 1 N–H and O–H groups in total. The molecule has 3 aliphatic rings. The molecule has 0 radical (unpaired) electrons. The van der Waals surface area contributed by atoms with E-state index in [1.54, 1.807) is 0 Å². The summed E-state index contributed by atoms with van der Waals surface area (Å²) in [5.74, 6) is 1.78. The van der Waals surface area contributed by atoms with Crippen LogP contribution in [0.1, 0.15) is 32.1 Å². The summed E-state index contributed by atoms with van der Waals surface area (Å²) in [4.78, 5) is 35.4. The number of rotatable bonds is 6. The van der Waals surface area contributed by atoms with Crippen LogP contribution >= 0.6 is 0 Å². The van der Waals surface area contributed by atoms with Crippen molar-refractivity contribution in [1.29, 1.82) is 0 Å². The minimum atomic E-state index is 0.249. The van der Waals surface area contributed by atoms with Gasteiger partial charge in [0.2, 0.25) is 11.8 Å². The standard InChI is InChI=1S/C21H31N5O2/c27-20(26-15-13-25(14-16-26)19-3-1-2-9-22-19)8-12-24-10-6-18(7-11-24)23-21(28)17-4-5-17/h1-3,9,17-18H,4-8,10-16H2,(H,23,28). The number of carbonyl (C=O) groups excluding carboxylic acids is 2. The van der Waals surface area contributed by atoms with Crippen molar-refractivity contribution >= 4 is 17.6 Å². The molecule has 0 aromatic carbocycles. The predicted molar refractivity (Wildman–Crippen MR) is 108 cm³/mol. The van der Waals surface area contributed by atoms with Crippen molar-refractivity contribution in [3.63, 3.8) is 0 Å². The molecule has 7 heteroatoms. The smallest absolute Gasteiger partial charge is 0.223 e. The number of likely N-dealkylation sites (tertiary alicyclic amines) is 1. The Morgan fingerprint density at radius 1 is 1.00 bits per heavy atom. The molecule has 2 aliphatic heterocycles. The topological polar surface area (TPSA) is 68.8 Å². The Hall–Kier alpha value is -2.15. The van der Waals surface area contributed by atoms with Crippen LogP contribution in [0.2, 0.25) is 0 Å². The Morgan fingerprint density at radius 3 is 2.39 bits per heavy atom. The first-order valence-electron chi connectivity index (χ1n) is 10.7. The van der Waals surface area contributed by atoms with Crippen molar-refractivity contribution < 1.29 is 9.59 Å². The van der Waals surface area contributed by atoms with E-state index in [-0.39, 0.29) is 17.7 Å². The summed E-state index contributed by atoms with van der Waals surface area (Å²) in [6, 6.07) is 6.27. The van der Waals surface area contributed by atoms with Gasteiger partial charge in [-0.25, -0.2) is 4.98 Å². The van der Waals surface area contributed by atoms with Crippen molar-refractivity contribution in [2.75, 3.05) is 50.7 Å². The molecule has 0 unspecified atom stereocenters. The van der Waals surface area contributed by atoms with Gasteiger partial charge in [0.1, 0.15) is 5.82 Å². The molecule has 1 aliphatic carbocycles. The number of aromatic nitrogens is 1.